The maximum absolute atomic E-state index is 14.2. The first kappa shape index (κ1) is 22.3. The van der Waals surface area contributed by atoms with Crippen LogP contribution >= 0.6 is 0 Å². The Morgan fingerprint density at radius 1 is 1.06 bits per heavy atom. The summed E-state index contributed by atoms with van der Waals surface area (Å²) in [7, 11) is 1.86. The second-order valence-corrected chi connectivity index (χ2v) is 7.79. The Bertz CT molecular complexity index is 1480. The molecule has 3 aromatic heterocycles. The van der Waals surface area contributed by atoms with Gasteiger partial charge in [-0.1, -0.05) is 0 Å². The first-order valence-electron chi connectivity index (χ1n) is 10.8. The van der Waals surface area contributed by atoms with Crippen LogP contribution in [0.1, 0.15) is 5.69 Å². The zero-order valence-electron chi connectivity index (χ0n) is 18.8. The summed E-state index contributed by atoms with van der Waals surface area (Å²) < 4.78 is 29.2. The molecule has 0 amide bonds. The standard InChI is InChI=1S/C24H22FN7O3/c1-31-14-27-11-17(31)12-34-19-8-16(25)9-20(10-19)35-18-4-2-15(3-5-18)22-21-23(26)28-13-29-24(21)32(30-22)6-7-33/h2-5,8-11,13-14,33H,6-7,12H2,1H3,(H2,26,28,29). The number of aliphatic hydroxyl groups excluding tert-OH is 1. The number of nitrogen functional groups attached to an aromatic ring is 1. The molecule has 35 heavy (non-hydrogen) atoms. The van der Waals surface area contributed by atoms with Gasteiger partial charge in [0.05, 0.1) is 36.8 Å². The van der Waals surface area contributed by atoms with Crippen molar-refractivity contribution in [1.82, 2.24) is 29.3 Å². The van der Waals surface area contributed by atoms with E-state index in [4.69, 9.17) is 15.2 Å². The summed E-state index contributed by atoms with van der Waals surface area (Å²) in [4.78, 5) is 12.4. The van der Waals surface area contributed by atoms with E-state index in [2.05, 4.69) is 20.1 Å². The predicted octanol–water partition coefficient (Wildman–Crippen LogP) is 3.31. The van der Waals surface area contributed by atoms with Gasteiger partial charge in [-0.3, -0.25) is 0 Å². The second kappa shape index (κ2) is 9.39. The lowest BCUT2D eigenvalue weighted by Gasteiger charge is -2.10. The molecule has 3 heterocycles. The molecule has 2 aromatic carbocycles. The van der Waals surface area contributed by atoms with Gasteiger partial charge in [0, 0.05) is 30.8 Å². The molecule has 0 unspecified atom stereocenters. The van der Waals surface area contributed by atoms with Crippen LogP contribution in [-0.2, 0) is 20.2 Å². The van der Waals surface area contributed by atoms with Crippen molar-refractivity contribution >= 4 is 16.9 Å². The van der Waals surface area contributed by atoms with Gasteiger partial charge >= 0.3 is 0 Å². The lowest BCUT2D eigenvalue weighted by molar-refractivity contribution is 0.271. The number of imidazole rings is 1. The van der Waals surface area contributed by atoms with E-state index >= 15 is 0 Å². The normalized spacial score (nSPS) is 11.2. The Kier molecular flexibility index (Phi) is 5.98. The van der Waals surface area contributed by atoms with Crippen molar-refractivity contribution in [2.24, 2.45) is 7.05 Å². The van der Waals surface area contributed by atoms with Crippen molar-refractivity contribution in [3.63, 3.8) is 0 Å². The smallest absolute Gasteiger partial charge is 0.164 e. The molecule has 178 valence electrons. The van der Waals surface area contributed by atoms with E-state index in [1.54, 1.807) is 35.4 Å². The van der Waals surface area contributed by atoms with E-state index in [9.17, 15) is 9.50 Å². The lowest BCUT2D eigenvalue weighted by atomic mass is 10.1. The molecule has 11 heteroatoms. The van der Waals surface area contributed by atoms with E-state index in [1.165, 1.54) is 18.5 Å². The van der Waals surface area contributed by atoms with Gasteiger partial charge < -0.3 is 24.9 Å². The molecule has 0 aliphatic rings. The number of ether oxygens (including phenoxy) is 2. The molecule has 0 spiro atoms. The number of fused-ring (bicyclic) bond motifs is 1. The van der Waals surface area contributed by atoms with Crippen molar-refractivity contribution in [2.45, 2.75) is 13.2 Å². The molecule has 5 rings (SSSR count). The average molecular weight is 475 g/mol. The molecule has 0 aliphatic heterocycles. The third-order valence-corrected chi connectivity index (χ3v) is 5.38. The molecule has 0 fully saturated rings. The van der Waals surface area contributed by atoms with E-state index < -0.39 is 5.82 Å². The predicted molar refractivity (Wildman–Crippen MR) is 126 cm³/mol. The number of aryl methyl sites for hydroxylation is 1. The van der Waals surface area contributed by atoms with Crippen LogP contribution in [0.5, 0.6) is 17.2 Å². The van der Waals surface area contributed by atoms with Crippen molar-refractivity contribution in [3.05, 3.63) is 72.8 Å². The van der Waals surface area contributed by atoms with Gasteiger partial charge in [0.2, 0.25) is 0 Å². The number of halogens is 1. The summed E-state index contributed by atoms with van der Waals surface area (Å²) in [6, 6.07) is 11.3. The minimum Gasteiger partial charge on any atom is -0.487 e. The first-order valence-corrected chi connectivity index (χ1v) is 10.8. The SMILES string of the molecule is Cn1cncc1COc1cc(F)cc(Oc2ccc(-c3nn(CCO)c4ncnc(N)c34)cc2)c1. The number of nitrogens with two attached hydrogens (primary N) is 1. The summed E-state index contributed by atoms with van der Waals surface area (Å²) in [6.45, 7) is 0.435. The summed E-state index contributed by atoms with van der Waals surface area (Å²) in [5, 5.41) is 14.5. The fourth-order valence-electron chi connectivity index (χ4n) is 3.66. The van der Waals surface area contributed by atoms with Crippen molar-refractivity contribution in [2.75, 3.05) is 12.3 Å². The zero-order chi connectivity index (χ0) is 24.4. The molecule has 0 bridgehead atoms. The molecule has 0 saturated carbocycles. The number of hydrogen-bond acceptors (Lipinski definition) is 8. The average Bonchev–Trinajstić information content (AvgIpc) is 3.42. The van der Waals surface area contributed by atoms with Gasteiger partial charge in [-0.15, -0.1) is 0 Å². The Balaban J connectivity index is 1.37. The number of aliphatic hydroxyl groups is 1. The summed E-state index contributed by atoms with van der Waals surface area (Å²) in [5.74, 6) is 0.964. The quantitative estimate of drug-likeness (QED) is 0.350. The molecular weight excluding hydrogens is 453 g/mol. The van der Waals surface area contributed by atoms with Gasteiger partial charge in [0.15, 0.2) is 5.65 Å². The van der Waals surface area contributed by atoms with Crippen LogP contribution < -0.4 is 15.2 Å². The van der Waals surface area contributed by atoms with Crippen LogP contribution in [0.3, 0.4) is 0 Å². The first-order chi connectivity index (χ1) is 17.0. The lowest BCUT2D eigenvalue weighted by Crippen LogP contribution is -2.05. The van der Waals surface area contributed by atoms with Crippen LogP contribution in [0, 0.1) is 5.82 Å². The Labute approximate surface area is 199 Å². The highest BCUT2D eigenvalue weighted by atomic mass is 19.1. The summed E-state index contributed by atoms with van der Waals surface area (Å²) in [5.41, 5.74) is 8.84. The summed E-state index contributed by atoms with van der Waals surface area (Å²) >= 11 is 0. The topological polar surface area (TPSA) is 126 Å². The number of rotatable bonds is 8. The molecule has 0 aliphatic carbocycles. The largest absolute Gasteiger partial charge is 0.487 e. The van der Waals surface area contributed by atoms with E-state index in [0.717, 1.165) is 11.3 Å². The number of nitrogens with zero attached hydrogens (tertiary/aromatic N) is 6. The third-order valence-electron chi connectivity index (χ3n) is 5.38. The van der Waals surface area contributed by atoms with Gasteiger partial charge in [0.25, 0.3) is 0 Å². The van der Waals surface area contributed by atoms with Crippen LogP contribution in [0.4, 0.5) is 10.2 Å². The van der Waals surface area contributed by atoms with Crippen LogP contribution in [0.15, 0.2) is 61.3 Å². The van der Waals surface area contributed by atoms with E-state index in [-0.39, 0.29) is 19.8 Å². The molecule has 0 radical (unpaired) electrons. The van der Waals surface area contributed by atoms with Crippen molar-refractivity contribution in [3.8, 4) is 28.5 Å². The highest BCUT2D eigenvalue weighted by Gasteiger charge is 2.17. The highest BCUT2D eigenvalue weighted by Crippen LogP contribution is 2.33. The van der Waals surface area contributed by atoms with Gasteiger partial charge in [-0.2, -0.15) is 5.10 Å². The molecule has 3 N–H and O–H groups in total. The Hall–Kier alpha value is -4.51. The maximum atomic E-state index is 14.2. The van der Waals surface area contributed by atoms with Gasteiger partial charge in [-0.05, 0) is 24.3 Å². The molecule has 0 saturated heterocycles. The van der Waals surface area contributed by atoms with Crippen LogP contribution in [0.2, 0.25) is 0 Å². The maximum Gasteiger partial charge on any atom is 0.164 e. The van der Waals surface area contributed by atoms with E-state index in [0.29, 0.717) is 39.8 Å². The Morgan fingerprint density at radius 3 is 2.60 bits per heavy atom. The molecule has 10 nitrogen and oxygen atoms in total. The highest BCUT2D eigenvalue weighted by molar-refractivity contribution is 5.98. The van der Waals surface area contributed by atoms with Crippen molar-refractivity contribution in [1.29, 1.82) is 0 Å². The molecular formula is C24H22FN7O3. The number of aromatic nitrogens is 6. The molecule has 0 atom stereocenters. The fraction of sp³-hybridized carbons (Fsp3) is 0.167. The van der Waals surface area contributed by atoms with Crippen LogP contribution in [-0.4, -0.2) is 41.0 Å². The van der Waals surface area contributed by atoms with Crippen molar-refractivity contribution < 1.29 is 19.0 Å². The summed E-state index contributed by atoms with van der Waals surface area (Å²) in [6.07, 6.45) is 4.72. The monoisotopic (exact) mass is 475 g/mol. The second-order valence-electron chi connectivity index (χ2n) is 7.79. The number of benzene rings is 2. The zero-order valence-corrected chi connectivity index (χ0v) is 18.8. The molecule has 5 aromatic rings. The fourth-order valence-corrected chi connectivity index (χ4v) is 3.66. The van der Waals surface area contributed by atoms with Crippen LogP contribution in [0.25, 0.3) is 22.3 Å². The minimum atomic E-state index is -0.476. The minimum absolute atomic E-state index is 0.0890. The number of hydrogen-bond donors (Lipinski definition) is 2. The van der Waals surface area contributed by atoms with Gasteiger partial charge in [0.1, 0.15) is 47.5 Å². The van der Waals surface area contributed by atoms with E-state index in [1.807, 2.05) is 23.7 Å². The number of anilines is 1. The Morgan fingerprint density at radius 2 is 1.86 bits per heavy atom. The van der Waals surface area contributed by atoms with Gasteiger partial charge in [-0.25, -0.2) is 24.0 Å². The third kappa shape index (κ3) is 4.62.